The molecule has 0 bridgehead atoms. The van der Waals surface area contributed by atoms with E-state index in [4.69, 9.17) is 14.2 Å². The van der Waals surface area contributed by atoms with E-state index in [9.17, 15) is 9.59 Å². The molecule has 1 saturated heterocycles. The first-order valence-corrected chi connectivity index (χ1v) is 8.45. The van der Waals surface area contributed by atoms with Crippen LogP contribution in [0, 0.1) is 12.8 Å². The topological polar surface area (TPSA) is 92.0 Å². The van der Waals surface area contributed by atoms with Gasteiger partial charge in [-0.2, -0.15) is 5.10 Å². The van der Waals surface area contributed by atoms with E-state index in [1.807, 2.05) is 31.2 Å². The van der Waals surface area contributed by atoms with Crippen LogP contribution in [0.4, 0.5) is 5.82 Å². The fourth-order valence-electron chi connectivity index (χ4n) is 2.66. The first-order valence-electron chi connectivity index (χ1n) is 8.45. The average Bonchev–Trinajstić information content (AvgIpc) is 2.93. The molecule has 0 saturated carbocycles. The Morgan fingerprint density at radius 1 is 1.22 bits per heavy atom. The molecule has 0 radical (unpaired) electrons. The number of methoxy groups -OCH3 is 1. The Hall–Kier alpha value is -3.16. The van der Waals surface area contributed by atoms with Crippen molar-refractivity contribution in [3.63, 3.8) is 0 Å². The highest BCUT2D eigenvalue weighted by atomic mass is 16.7. The van der Waals surface area contributed by atoms with Gasteiger partial charge in [-0.1, -0.05) is 12.1 Å². The minimum absolute atomic E-state index is 0.483. The summed E-state index contributed by atoms with van der Waals surface area (Å²) in [5.74, 6) is -2.52. The van der Waals surface area contributed by atoms with Crippen LogP contribution in [0.15, 0.2) is 35.3 Å². The zero-order valence-corrected chi connectivity index (χ0v) is 15.6. The quantitative estimate of drug-likeness (QED) is 0.455. The van der Waals surface area contributed by atoms with Crippen molar-refractivity contribution >= 4 is 24.0 Å². The number of aliphatic imine (C=N–C) groups is 1. The van der Waals surface area contributed by atoms with Gasteiger partial charge in [0.25, 0.3) is 5.79 Å². The monoisotopic (exact) mass is 371 g/mol. The van der Waals surface area contributed by atoms with Crippen molar-refractivity contribution in [2.24, 2.45) is 10.9 Å². The molecule has 1 aliphatic rings. The second-order valence-corrected chi connectivity index (χ2v) is 6.65. The van der Waals surface area contributed by atoms with E-state index in [2.05, 4.69) is 10.1 Å². The number of benzene rings is 1. The predicted molar refractivity (Wildman–Crippen MR) is 97.0 cm³/mol. The van der Waals surface area contributed by atoms with Gasteiger partial charge < -0.3 is 14.2 Å². The Balaban J connectivity index is 1.78. The number of carbonyl (C=O) groups is 2. The van der Waals surface area contributed by atoms with Gasteiger partial charge in [0.05, 0.1) is 19.3 Å². The normalized spacial score (nSPS) is 17.0. The van der Waals surface area contributed by atoms with Crippen molar-refractivity contribution in [2.75, 3.05) is 7.11 Å². The van der Waals surface area contributed by atoms with Gasteiger partial charge in [-0.05, 0) is 24.6 Å². The van der Waals surface area contributed by atoms with Crippen molar-refractivity contribution in [1.82, 2.24) is 9.78 Å². The maximum absolute atomic E-state index is 12.0. The summed E-state index contributed by atoms with van der Waals surface area (Å²) in [7, 11) is 1.61. The highest BCUT2D eigenvalue weighted by Crippen LogP contribution is 2.23. The first-order chi connectivity index (χ1) is 12.8. The van der Waals surface area contributed by atoms with Crippen molar-refractivity contribution < 1.29 is 23.8 Å². The predicted octanol–water partition coefficient (Wildman–Crippen LogP) is 2.40. The summed E-state index contributed by atoms with van der Waals surface area (Å²) in [6, 6.07) is 9.36. The molecule has 0 spiro atoms. The standard InChI is InChI=1S/C19H21N3O5/c1-12-9-16(20-10-15-17(23)26-19(2,3)27-18(15)24)22(21-12)11-13-5-7-14(25-4)8-6-13/h5-10,15H,11H2,1-4H3. The second kappa shape index (κ2) is 7.22. The summed E-state index contributed by atoms with van der Waals surface area (Å²) in [5.41, 5.74) is 1.78. The summed E-state index contributed by atoms with van der Waals surface area (Å²) < 4.78 is 17.0. The molecule has 27 heavy (non-hydrogen) atoms. The summed E-state index contributed by atoms with van der Waals surface area (Å²) >= 11 is 0. The van der Waals surface area contributed by atoms with Gasteiger partial charge >= 0.3 is 11.9 Å². The average molecular weight is 371 g/mol. The van der Waals surface area contributed by atoms with E-state index in [1.165, 1.54) is 20.1 Å². The fourth-order valence-corrected chi connectivity index (χ4v) is 2.66. The van der Waals surface area contributed by atoms with Crippen LogP contribution >= 0.6 is 0 Å². The van der Waals surface area contributed by atoms with Gasteiger partial charge in [0.1, 0.15) is 5.75 Å². The fraction of sp³-hybridized carbons (Fsp3) is 0.368. The van der Waals surface area contributed by atoms with Gasteiger partial charge in [0.15, 0.2) is 11.7 Å². The third kappa shape index (κ3) is 4.33. The molecule has 0 unspecified atom stereocenters. The molecule has 1 aromatic carbocycles. The van der Waals surface area contributed by atoms with Crippen LogP contribution in [0.25, 0.3) is 0 Å². The number of nitrogens with zero attached hydrogens (tertiary/aromatic N) is 3. The number of carbonyl (C=O) groups excluding carboxylic acids is 2. The molecular weight excluding hydrogens is 350 g/mol. The minimum Gasteiger partial charge on any atom is -0.497 e. The molecule has 0 amide bonds. The number of aryl methyl sites for hydroxylation is 1. The van der Waals surface area contributed by atoms with Crippen LogP contribution in [0.3, 0.4) is 0 Å². The third-order valence-electron chi connectivity index (χ3n) is 3.93. The number of aromatic nitrogens is 2. The smallest absolute Gasteiger partial charge is 0.329 e. The molecule has 1 fully saturated rings. The van der Waals surface area contributed by atoms with Gasteiger partial charge in [-0.15, -0.1) is 0 Å². The molecule has 142 valence electrons. The van der Waals surface area contributed by atoms with E-state index in [1.54, 1.807) is 17.9 Å². The molecule has 2 heterocycles. The summed E-state index contributed by atoms with van der Waals surface area (Å²) in [4.78, 5) is 28.3. The zero-order chi connectivity index (χ0) is 19.6. The Morgan fingerprint density at radius 3 is 2.44 bits per heavy atom. The van der Waals surface area contributed by atoms with Gasteiger partial charge in [-0.25, -0.2) is 9.67 Å². The molecule has 0 aliphatic carbocycles. The molecule has 8 nitrogen and oxygen atoms in total. The lowest BCUT2D eigenvalue weighted by Crippen LogP contribution is -2.46. The van der Waals surface area contributed by atoms with Crippen molar-refractivity contribution in [3.05, 3.63) is 41.6 Å². The zero-order valence-electron chi connectivity index (χ0n) is 15.6. The van der Waals surface area contributed by atoms with E-state index < -0.39 is 23.6 Å². The number of rotatable bonds is 5. The maximum Gasteiger partial charge on any atom is 0.329 e. The number of cyclic esters (lactones) is 2. The molecule has 0 atom stereocenters. The highest BCUT2D eigenvalue weighted by molar-refractivity contribution is 6.10. The largest absolute Gasteiger partial charge is 0.497 e. The van der Waals surface area contributed by atoms with E-state index in [0.717, 1.165) is 17.0 Å². The lowest BCUT2D eigenvalue weighted by atomic mass is 10.1. The van der Waals surface area contributed by atoms with Crippen LogP contribution in [0.2, 0.25) is 0 Å². The van der Waals surface area contributed by atoms with Crippen LogP contribution < -0.4 is 4.74 Å². The van der Waals surface area contributed by atoms with Crippen LogP contribution in [0.1, 0.15) is 25.1 Å². The number of hydrogen-bond acceptors (Lipinski definition) is 7. The van der Waals surface area contributed by atoms with Gasteiger partial charge in [-0.3, -0.25) is 9.59 Å². The summed E-state index contributed by atoms with van der Waals surface area (Å²) in [5, 5.41) is 4.41. The van der Waals surface area contributed by atoms with Crippen molar-refractivity contribution in [3.8, 4) is 5.75 Å². The number of hydrogen-bond donors (Lipinski definition) is 0. The molecule has 8 heteroatoms. The molecule has 0 N–H and O–H groups in total. The van der Waals surface area contributed by atoms with Crippen molar-refractivity contribution in [2.45, 2.75) is 33.1 Å². The molecule has 2 aromatic rings. The molecule has 3 rings (SSSR count). The number of ether oxygens (including phenoxy) is 3. The third-order valence-corrected chi connectivity index (χ3v) is 3.93. The van der Waals surface area contributed by atoms with Gasteiger partial charge in [0.2, 0.25) is 0 Å². The highest BCUT2D eigenvalue weighted by Gasteiger charge is 2.42. The van der Waals surface area contributed by atoms with Crippen molar-refractivity contribution in [1.29, 1.82) is 0 Å². The molecule has 1 aliphatic heterocycles. The molecule has 1 aromatic heterocycles. The second-order valence-electron chi connectivity index (χ2n) is 6.65. The summed E-state index contributed by atoms with van der Waals surface area (Å²) in [6.07, 6.45) is 1.24. The van der Waals surface area contributed by atoms with Crippen LogP contribution in [-0.2, 0) is 25.6 Å². The lowest BCUT2D eigenvalue weighted by molar-refractivity contribution is -0.235. The Labute approximate surface area is 156 Å². The van der Waals surface area contributed by atoms with E-state index in [-0.39, 0.29) is 0 Å². The van der Waals surface area contributed by atoms with Crippen LogP contribution in [-0.4, -0.2) is 40.8 Å². The SMILES string of the molecule is COc1ccc(Cn2nc(C)cc2N=CC2C(=O)OC(C)(C)OC2=O)cc1. The molecular formula is C19H21N3O5. The number of esters is 2. The van der Waals surface area contributed by atoms with E-state index >= 15 is 0 Å². The van der Waals surface area contributed by atoms with Gasteiger partial charge in [0, 0.05) is 26.1 Å². The first kappa shape index (κ1) is 18.6. The Kier molecular flexibility index (Phi) is 4.98. The maximum atomic E-state index is 12.0. The minimum atomic E-state index is -1.26. The Bertz CT molecular complexity index is 863. The van der Waals surface area contributed by atoms with Crippen LogP contribution in [0.5, 0.6) is 5.75 Å². The summed E-state index contributed by atoms with van der Waals surface area (Å²) in [6.45, 7) is 5.33. The Morgan fingerprint density at radius 2 is 1.85 bits per heavy atom. The van der Waals surface area contributed by atoms with E-state index in [0.29, 0.717) is 12.4 Å². The lowest BCUT2D eigenvalue weighted by Gasteiger charge is -2.31.